The second-order valence-electron chi connectivity index (χ2n) is 2.87. The van der Waals surface area contributed by atoms with Crippen LogP contribution in [0.2, 0.25) is 0 Å². The van der Waals surface area contributed by atoms with Gasteiger partial charge in [0.05, 0.1) is 12.1 Å². The highest BCUT2D eigenvalue weighted by atomic mass is 16.5. The molecule has 11 heavy (non-hydrogen) atoms. The SMILES string of the molecule is CCC(=O)C1CC(OC)CN1. The predicted octanol–water partition coefficient (Wildman–Crippen LogP) is 0.342. The summed E-state index contributed by atoms with van der Waals surface area (Å²) < 4.78 is 5.12. The highest BCUT2D eigenvalue weighted by Crippen LogP contribution is 2.10. The van der Waals surface area contributed by atoms with Crippen LogP contribution in [0.15, 0.2) is 0 Å². The van der Waals surface area contributed by atoms with E-state index in [0.29, 0.717) is 12.2 Å². The van der Waals surface area contributed by atoms with Gasteiger partial charge in [0, 0.05) is 20.1 Å². The Morgan fingerprint density at radius 3 is 2.91 bits per heavy atom. The van der Waals surface area contributed by atoms with E-state index in [-0.39, 0.29) is 12.1 Å². The van der Waals surface area contributed by atoms with Gasteiger partial charge in [0.25, 0.3) is 0 Å². The Morgan fingerprint density at radius 1 is 1.73 bits per heavy atom. The van der Waals surface area contributed by atoms with Crippen LogP contribution in [0, 0.1) is 0 Å². The van der Waals surface area contributed by atoms with Crippen LogP contribution >= 0.6 is 0 Å². The van der Waals surface area contributed by atoms with Gasteiger partial charge >= 0.3 is 0 Å². The summed E-state index contributed by atoms with van der Waals surface area (Å²) in [5.41, 5.74) is 0. The maximum absolute atomic E-state index is 11.2. The zero-order valence-corrected chi connectivity index (χ0v) is 7.09. The van der Waals surface area contributed by atoms with E-state index in [4.69, 9.17) is 4.74 Å². The van der Waals surface area contributed by atoms with Crippen molar-refractivity contribution < 1.29 is 9.53 Å². The first-order valence-electron chi connectivity index (χ1n) is 4.06. The average Bonchev–Trinajstić information content (AvgIpc) is 2.50. The molecule has 0 radical (unpaired) electrons. The Balaban J connectivity index is 2.35. The number of carbonyl (C=O) groups is 1. The van der Waals surface area contributed by atoms with Crippen LogP contribution in [0.25, 0.3) is 0 Å². The highest BCUT2D eigenvalue weighted by Gasteiger charge is 2.27. The van der Waals surface area contributed by atoms with Gasteiger partial charge in [-0.1, -0.05) is 6.92 Å². The molecule has 3 heteroatoms. The normalized spacial score (nSPS) is 30.7. The molecule has 0 amide bonds. The topological polar surface area (TPSA) is 38.3 Å². The molecule has 1 aliphatic rings. The van der Waals surface area contributed by atoms with E-state index in [1.54, 1.807) is 7.11 Å². The number of Topliss-reactive ketones (excluding diaryl/α,β-unsaturated/α-hetero) is 1. The fourth-order valence-corrected chi connectivity index (χ4v) is 1.37. The van der Waals surface area contributed by atoms with Crippen LogP contribution in [-0.2, 0) is 9.53 Å². The van der Waals surface area contributed by atoms with Gasteiger partial charge in [-0.25, -0.2) is 0 Å². The largest absolute Gasteiger partial charge is 0.380 e. The standard InChI is InChI=1S/C8H15NO2/c1-3-8(10)7-4-6(11-2)5-9-7/h6-7,9H,3-5H2,1-2H3. The summed E-state index contributed by atoms with van der Waals surface area (Å²) in [5.74, 6) is 0.296. The Labute approximate surface area is 67.1 Å². The Morgan fingerprint density at radius 2 is 2.45 bits per heavy atom. The number of rotatable bonds is 3. The zero-order valence-electron chi connectivity index (χ0n) is 7.09. The summed E-state index contributed by atoms with van der Waals surface area (Å²) in [6.07, 6.45) is 1.69. The summed E-state index contributed by atoms with van der Waals surface area (Å²) in [7, 11) is 1.69. The number of hydrogen-bond acceptors (Lipinski definition) is 3. The van der Waals surface area contributed by atoms with E-state index in [1.807, 2.05) is 6.92 Å². The fourth-order valence-electron chi connectivity index (χ4n) is 1.37. The first-order chi connectivity index (χ1) is 5.27. The molecule has 0 aromatic rings. The molecule has 2 unspecified atom stereocenters. The lowest BCUT2D eigenvalue weighted by Gasteiger charge is -2.06. The molecule has 1 heterocycles. The molecule has 1 N–H and O–H groups in total. The highest BCUT2D eigenvalue weighted by molar-refractivity contribution is 5.84. The van der Waals surface area contributed by atoms with Crippen molar-refractivity contribution in [1.29, 1.82) is 0 Å². The van der Waals surface area contributed by atoms with Gasteiger partial charge in [0.2, 0.25) is 0 Å². The van der Waals surface area contributed by atoms with E-state index >= 15 is 0 Å². The minimum absolute atomic E-state index is 0.0462. The average molecular weight is 157 g/mol. The molecule has 1 rings (SSSR count). The lowest BCUT2D eigenvalue weighted by atomic mass is 10.1. The third kappa shape index (κ3) is 2.01. The second kappa shape index (κ2) is 3.83. The van der Waals surface area contributed by atoms with Crippen molar-refractivity contribution in [2.24, 2.45) is 0 Å². The van der Waals surface area contributed by atoms with Gasteiger partial charge in [0.15, 0.2) is 0 Å². The molecule has 0 bridgehead atoms. The first-order valence-corrected chi connectivity index (χ1v) is 4.06. The van der Waals surface area contributed by atoms with Crippen LogP contribution in [0.1, 0.15) is 19.8 Å². The quantitative estimate of drug-likeness (QED) is 0.642. The van der Waals surface area contributed by atoms with E-state index in [0.717, 1.165) is 13.0 Å². The second-order valence-corrected chi connectivity index (χ2v) is 2.87. The van der Waals surface area contributed by atoms with Crippen molar-refractivity contribution in [2.45, 2.75) is 31.9 Å². The molecule has 0 aliphatic carbocycles. The molecule has 64 valence electrons. The smallest absolute Gasteiger partial charge is 0.149 e. The van der Waals surface area contributed by atoms with Gasteiger partial charge in [-0.15, -0.1) is 0 Å². The Hall–Kier alpha value is -0.410. The van der Waals surface area contributed by atoms with E-state index in [1.165, 1.54) is 0 Å². The molecule has 1 saturated heterocycles. The molecule has 3 nitrogen and oxygen atoms in total. The van der Waals surface area contributed by atoms with Crippen molar-refractivity contribution >= 4 is 5.78 Å². The number of nitrogens with one attached hydrogen (secondary N) is 1. The summed E-state index contributed by atoms with van der Waals surface area (Å²) >= 11 is 0. The molecular weight excluding hydrogens is 142 g/mol. The van der Waals surface area contributed by atoms with E-state index < -0.39 is 0 Å². The zero-order chi connectivity index (χ0) is 8.27. The van der Waals surface area contributed by atoms with Gasteiger partial charge in [0.1, 0.15) is 5.78 Å². The van der Waals surface area contributed by atoms with Gasteiger partial charge in [-0.3, -0.25) is 4.79 Å². The van der Waals surface area contributed by atoms with Crippen molar-refractivity contribution in [3.8, 4) is 0 Å². The molecule has 0 aromatic heterocycles. The molecule has 0 spiro atoms. The first kappa shape index (κ1) is 8.68. The van der Waals surface area contributed by atoms with Gasteiger partial charge in [-0.05, 0) is 6.42 Å². The molecular formula is C8H15NO2. The van der Waals surface area contributed by atoms with E-state index in [9.17, 15) is 4.79 Å². The monoisotopic (exact) mass is 157 g/mol. The Kier molecular flexibility index (Phi) is 3.02. The molecule has 2 atom stereocenters. The van der Waals surface area contributed by atoms with Crippen LogP contribution < -0.4 is 5.32 Å². The molecule has 1 fully saturated rings. The van der Waals surface area contributed by atoms with Gasteiger partial charge in [-0.2, -0.15) is 0 Å². The summed E-state index contributed by atoms with van der Waals surface area (Å²) in [6, 6.07) is 0.0462. The van der Waals surface area contributed by atoms with Crippen molar-refractivity contribution in [1.82, 2.24) is 5.32 Å². The number of methoxy groups -OCH3 is 1. The lowest BCUT2D eigenvalue weighted by Crippen LogP contribution is -2.29. The third-order valence-electron chi connectivity index (χ3n) is 2.16. The maximum Gasteiger partial charge on any atom is 0.149 e. The van der Waals surface area contributed by atoms with Crippen molar-refractivity contribution in [3.63, 3.8) is 0 Å². The van der Waals surface area contributed by atoms with Crippen LogP contribution in [0.4, 0.5) is 0 Å². The van der Waals surface area contributed by atoms with Crippen molar-refractivity contribution in [3.05, 3.63) is 0 Å². The minimum Gasteiger partial charge on any atom is -0.380 e. The predicted molar refractivity (Wildman–Crippen MR) is 42.5 cm³/mol. The van der Waals surface area contributed by atoms with Crippen LogP contribution in [-0.4, -0.2) is 31.6 Å². The van der Waals surface area contributed by atoms with Crippen LogP contribution in [0.5, 0.6) is 0 Å². The number of ether oxygens (including phenoxy) is 1. The summed E-state index contributed by atoms with van der Waals surface area (Å²) in [6.45, 7) is 2.71. The molecule has 1 aliphatic heterocycles. The third-order valence-corrected chi connectivity index (χ3v) is 2.16. The van der Waals surface area contributed by atoms with Crippen molar-refractivity contribution in [2.75, 3.05) is 13.7 Å². The number of ketones is 1. The maximum atomic E-state index is 11.2. The minimum atomic E-state index is 0.0462. The summed E-state index contributed by atoms with van der Waals surface area (Å²) in [4.78, 5) is 11.2. The van der Waals surface area contributed by atoms with E-state index in [2.05, 4.69) is 5.32 Å². The number of carbonyl (C=O) groups excluding carboxylic acids is 1. The molecule has 0 aromatic carbocycles. The fraction of sp³-hybridized carbons (Fsp3) is 0.875. The lowest BCUT2D eigenvalue weighted by molar-refractivity contribution is -0.120. The molecule has 0 saturated carbocycles. The van der Waals surface area contributed by atoms with Gasteiger partial charge < -0.3 is 10.1 Å². The van der Waals surface area contributed by atoms with Crippen LogP contribution in [0.3, 0.4) is 0 Å². The Bertz CT molecular complexity index is 147. The summed E-state index contributed by atoms with van der Waals surface area (Å²) in [5, 5.41) is 3.13. The number of hydrogen-bond donors (Lipinski definition) is 1.